The Balaban J connectivity index is 1.58. The molecule has 1 aliphatic heterocycles. The number of hydrogen-bond acceptors (Lipinski definition) is 6. The Morgan fingerprint density at radius 2 is 1.88 bits per heavy atom. The van der Waals surface area contributed by atoms with Gasteiger partial charge in [-0.15, -0.1) is 5.10 Å². The quantitative estimate of drug-likeness (QED) is 0.531. The summed E-state index contributed by atoms with van der Waals surface area (Å²) in [7, 11) is 1.61. The second-order valence-corrected chi connectivity index (χ2v) is 7.49. The SMILES string of the molecule is COc1ccc([C@@H]2CC(=O)Nc3c2c(C)nn3-c2nncc(-c3ccc(F)cc3)n2)cc1. The number of amides is 1. The Morgan fingerprint density at radius 1 is 1.12 bits per heavy atom. The molecule has 32 heavy (non-hydrogen) atoms. The second kappa shape index (κ2) is 7.84. The molecule has 5 rings (SSSR count). The largest absolute Gasteiger partial charge is 0.497 e. The third-order valence-corrected chi connectivity index (χ3v) is 5.50. The molecule has 8 nitrogen and oxygen atoms in total. The van der Waals surface area contributed by atoms with Crippen LogP contribution in [0.4, 0.5) is 10.2 Å². The molecule has 0 saturated carbocycles. The fraction of sp³-hybridized carbons (Fsp3) is 0.174. The van der Waals surface area contributed by atoms with E-state index >= 15 is 0 Å². The van der Waals surface area contributed by atoms with Gasteiger partial charge in [0.15, 0.2) is 0 Å². The number of methoxy groups -OCH3 is 1. The number of rotatable bonds is 4. The molecular weight excluding hydrogens is 411 g/mol. The van der Waals surface area contributed by atoms with E-state index in [0.29, 0.717) is 23.5 Å². The summed E-state index contributed by atoms with van der Waals surface area (Å²) in [6.45, 7) is 1.89. The molecule has 2 aromatic carbocycles. The molecule has 1 atom stereocenters. The molecule has 160 valence electrons. The number of fused-ring (bicyclic) bond motifs is 1. The highest BCUT2D eigenvalue weighted by molar-refractivity contribution is 5.95. The highest BCUT2D eigenvalue weighted by atomic mass is 19.1. The van der Waals surface area contributed by atoms with Crippen molar-refractivity contribution in [3.05, 3.63) is 77.4 Å². The van der Waals surface area contributed by atoms with Gasteiger partial charge in [-0.3, -0.25) is 4.79 Å². The smallest absolute Gasteiger partial charge is 0.272 e. The van der Waals surface area contributed by atoms with Gasteiger partial charge in [0.25, 0.3) is 5.95 Å². The summed E-state index contributed by atoms with van der Waals surface area (Å²) in [5, 5.41) is 15.7. The van der Waals surface area contributed by atoms with Crippen molar-refractivity contribution in [2.75, 3.05) is 12.4 Å². The van der Waals surface area contributed by atoms with Crippen LogP contribution >= 0.6 is 0 Å². The first kappa shape index (κ1) is 19.8. The molecule has 4 aromatic rings. The number of carbonyl (C=O) groups excluding carboxylic acids is 1. The van der Waals surface area contributed by atoms with Gasteiger partial charge >= 0.3 is 0 Å². The standard InChI is InChI=1S/C23H19FN6O2/c1-13-21-18(14-5-9-17(32-2)10-6-14)11-20(31)27-22(21)30(29-13)23-26-19(12-25-28-23)15-3-7-16(24)8-4-15/h3-10,12,18H,11H2,1-2H3,(H,27,31)/t18-/m0/s1. The highest BCUT2D eigenvalue weighted by Gasteiger charge is 2.33. The summed E-state index contributed by atoms with van der Waals surface area (Å²) in [5.41, 5.74) is 3.87. The summed E-state index contributed by atoms with van der Waals surface area (Å²) in [4.78, 5) is 17.1. The van der Waals surface area contributed by atoms with Crippen molar-refractivity contribution in [2.45, 2.75) is 19.3 Å². The highest BCUT2D eigenvalue weighted by Crippen LogP contribution is 2.40. The summed E-state index contributed by atoms with van der Waals surface area (Å²) < 4.78 is 20.0. The summed E-state index contributed by atoms with van der Waals surface area (Å²) >= 11 is 0. The fourth-order valence-corrected chi connectivity index (χ4v) is 3.96. The van der Waals surface area contributed by atoms with Crippen LogP contribution in [0.1, 0.15) is 29.2 Å². The summed E-state index contributed by atoms with van der Waals surface area (Å²) in [6.07, 6.45) is 1.80. The molecule has 0 spiro atoms. The third kappa shape index (κ3) is 3.47. The molecule has 0 bridgehead atoms. The predicted molar refractivity (Wildman–Crippen MR) is 115 cm³/mol. The minimum Gasteiger partial charge on any atom is -0.497 e. The van der Waals surface area contributed by atoms with Crippen LogP contribution in [0.3, 0.4) is 0 Å². The Bertz CT molecular complexity index is 1300. The number of carbonyl (C=O) groups is 1. The van der Waals surface area contributed by atoms with E-state index < -0.39 is 0 Å². The topological polar surface area (TPSA) is 94.8 Å². The number of ether oxygens (including phenoxy) is 1. The van der Waals surface area contributed by atoms with Crippen LogP contribution in [0.15, 0.2) is 54.7 Å². The lowest BCUT2D eigenvalue weighted by molar-refractivity contribution is -0.116. The van der Waals surface area contributed by atoms with Gasteiger partial charge in [0.2, 0.25) is 5.91 Å². The molecule has 0 saturated heterocycles. The average Bonchev–Trinajstić information content (AvgIpc) is 3.15. The molecule has 0 fully saturated rings. The van der Waals surface area contributed by atoms with Gasteiger partial charge in [0.05, 0.1) is 24.7 Å². The lowest BCUT2D eigenvalue weighted by atomic mass is 9.86. The number of nitrogens with zero attached hydrogens (tertiary/aromatic N) is 5. The van der Waals surface area contributed by atoms with Crippen molar-refractivity contribution < 1.29 is 13.9 Å². The molecule has 0 unspecified atom stereocenters. The lowest BCUT2D eigenvalue weighted by Gasteiger charge is -2.24. The van der Waals surface area contributed by atoms with Crippen LogP contribution in [-0.2, 0) is 4.79 Å². The number of benzene rings is 2. The van der Waals surface area contributed by atoms with E-state index in [0.717, 1.165) is 22.6 Å². The van der Waals surface area contributed by atoms with Gasteiger partial charge in [-0.2, -0.15) is 14.9 Å². The lowest BCUT2D eigenvalue weighted by Crippen LogP contribution is -2.25. The molecule has 2 aromatic heterocycles. The molecule has 1 amide bonds. The minimum absolute atomic E-state index is 0.123. The van der Waals surface area contributed by atoms with E-state index in [-0.39, 0.29) is 23.6 Å². The summed E-state index contributed by atoms with van der Waals surface area (Å²) in [6, 6.07) is 13.6. The van der Waals surface area contributed by atoms with Crippen LogP contribution < -0.4 is 10.1 Å². The number of aromatic nitrogens is 5. The van der Waals surface area contributed by atoms with Crippen molar-refractivity contribution >= 4 is 11.7 Å². The zero-order valence-corrected chi connectivity index (χ0v) is 17.4. The van der Waals surface area contributed by atoms with Gasteiger partial charge in [-0.05, 0) is 48.9 Å². The fourth-order valence-electron chi connectivity index (χ4n) is 3.96. The first-order valence-electron chi connectivity index (χ1n) is 10.0. The van der Waals surface area contributed by atoms with Gasteiger partial charge in [0.1, 0.15) is 17.4 Å². The third-order valence-electron chi connectivity index (χ3n) is 5.50. The van der Waals surface area contributed by atoms with E-state index in [1.165, 1.54) is 23.0 Å². The first-order valence-corrected chi connectivity index (χ1v) is 10.0. The maximum absolute atomic E-state index is 13.3. The maximum atomic E-state index is 13.3. The van der Waals surface area contributed by atoms with Crippen LogP contribution in [-0.4, -0.2) is 38.0 Å². The number of nitrogens with one attached hydrogen (secondary N) is 1. The molecule has 1 N–H and O–H groups in total. The van der Waals surface area contributed by atoms with Crippen molar-refractivity contribution in [3.63, 3.8) is 0 Å². The molecule has 9 heteroatoms. The van der Waals surface area contributed by atoms with E-state index in [9.17, 15) is 9.18 Å². The van der Waals surface area contributed by atoms with Crippen LogP contribution in [0, 0.1) is 12.7 Å². The monoisotopic (exact) mass is 430 g/mol. The zero-order chi connectivity index (χ0) is 22.2. The average molecular weight is 430 g/mol. The Kier molecular flexibility index (Phi) is 4.85. The van der Waals surface area contributed by atoms with Gasteiger partial charge in [-0.25, -0.2) is 9.37 Å². The van der Waals surface area contributed by atoms with Crippen LogP contribution in [0.5, 0.6) is 5.75 Å². The first-order chi connectivity index (χ1) is 15.5. The number of anilines is 1. The van der Waals surface area contributed by atoms with E-state index in [2.05, 4.69) is 25.6 Å². The van der Waals surface area contributed by atoms with Crippen molar-refractivity contribution in [3.8, 4) is 23.0 Å². The van der Waals surface area contributed by atoms with Gasteiger partial charge in [0, 0.05) is 23.5 Å². The molecular formula is C23H19FN6O2. The summed E-state index contributed by atoms with van der Waals surface area (Å²) in [5.74, 6) is 0.872. The molecule has 0 radical (unpaired) electrons. The maximum Gasteiger partial charge on any atom is 0.272 e. The number of aryl methyl sites for hydroxylation is 1. The normalized spacial score (nSPS) is 15.2. The number of hydrogen-bond donors (Lipinski definition) is 1. The molecule has 1 aliphatic rings. The molecule has 0 aliphatic carbocycles. The van der Waals surface area contributed by atoms with E-state index in [1.807, 2.05) is 31.2 Å². The Morgan fingerprint density at radius 3 is 2.59 bits per heavy atom. The number of halogens is 1. The Hall–Kier alpha value is -4.14. The molecule has 3 heterocycles. The van der Waals surface area contributed by atoms with Crippen molar-refractivity contribution in [1.82, 2.24) is 25.0 Å². The van der Waals surface area contributed by atoms with E-state index in [4.69, 9.17) is 4.74 Å². The Labute approximate surface area is 183 Å². The predicted octanol–water partition coefficient (Wildman–Crippen LogP) is 3.65. The minimum atomic E-state index is -0.333. The van der Waals surface area contributed by atoms with Crippen LogP contribution in [0.25, 0.3) is 17.2 Å². The van der Waals surface area contributed by atoms with E-state index in [1.54, 1.807) is 19.2 Å². The zero-order valence-electron chi connectivity index (χ0n) is 17.4. The second-order valence-electron chi connectivity index (χ2n) is 7.49. The van der Waals surface area contributed by atoms with Crippen molar-refractivity contribution in [1.29, 1.82) is 0 Å². The van der Waals surface area contributed by atoms with Crippen LogP contribution in [0.2, 0.25) is 0 Å². The van der Waals surface area contributed by atoms with Gasteiger partial charge in [-0.1, -0.05) is 12.1 Å². The van der Waals surface area contributed by atoms with Crippen molar-refractivity contribution in [2.24, 2.45) is 0 Å². The van der Waals surface area contributed by atoms with Gasteiger partial charge < -0.3 is 10.1 Å².